The Morgan fingerprint density at radius 2 is 1.87 bits per heavy atom. The molecule has 2 N–H and O–H groups in total. The van der Waals surface area contributed by atoms with E-state index in [1.165, 1.54) is 22.6 Å². The predicted molar refractivity (Wildman–Crippen MR) is 115 cm³/mol. The molecule has 30 heavy (non-hydrogen) atoms. The van der Waals surface area contributed by atoms with Crippen molar-refractivity contribution in [3.05, 3.63) is 77.7 Å². The first kappa shape index (κ1) is 19.9. The second-order valence-electron chi connectivity index (χ2n) is 7.44. The number of carbonyl (C=O) groups excluding carboxylic acids is 2. The molecule has 0 saturated heterocycles. The third-order valence-electron chi connectivity index (χ3n) is 5.50. The Balaban J connectivity index is 1.27. The van der Waals surface area contributed by atoms with E-state index in [1.54, 1.807) is 23.1 Å². The second kappa shape index (κ2) is 8.95. The van der Waals surface area contributed by atoms with Crippen molar-refractivity contribution in [1.29, 1.82) is 0 Å². The van der Waals surface area contributed by atoms with E-state index in [2.05, 4.69) is 28.5 Å². The van der Waals surface area contributed by atoms with Crippen LogP contribution in [0.2, 0.25) is 0 Å². The fraction of sp³-hybridized carbons (Fsp3) is 0.250. The number of H-pyrrole nitrogens is 1. The Labute approximate surface area is 174 Å². The summed E-state index contributed by atoms with van der Waals surface area (Å²) in [4.78, 5) is 29.6. The van der Waals surface area contributed by atoms with Crippen LogP contribution in [-0.4, -0.2) is 34.8 Å². The van der Waals surface area contributed by atoms with Crippen LogP contribution < -0.4 is 5.32 Å². The summed E-state index contributed by atoms with van der Waals surface area (Å²) in [5.74, 6) is -0.635. The second-order valence-corrected chi connectivity index (χ2v) is 7.44. The van der Waals surface area contributed by atoms with Crippen LogP contribution in [0, 0.1) is 5.82 Å². The van der Waals surface area contributed by atoms with Crippen molar-refractivity contribution in [1.82, 2.24) is 15.2 Å². The molecule has 1 aromatic heterocycles. The van der Waals surface area contributed by atoms with Crippen molar-refractivity contribution >= 4 is 28.3 Å². The van der Waals surface area contributed by atoms with Crippen LogP contribution in [-0.2, 0) is 16.1 Å². The fourth-order valence-electron chi connectivity index (χ4n) is 3.78. The van der Waals surface area contributed by atoms with Crippen LogP contribution in [0.4, 0.5) is 4.39 Å². The van der Waals surface area contributed by atoms with Gasteiger partial charge in [0.15, 0.2) is 0 Å². The Morgan fingerprint density at radius 3 is 2.67 bits per heavy atom. The van der Waals surface area contributed by atoms with E-state index in [0.717, 1.165) is 11.9 Å². The maximum Gasteiger partial charge on any atom is 0.223 e. The lowest BCUT2D eigenvalue weighted by molar-refractivity contribution is -0.133. The topological polar surface area (TPSA) is 65.2 Å². The van der Waals surface area contributed by atoms with Crippen molar-refractivity contribution in [3.63, 3.8) is 0 Å². The van der Waals surface area contributed by atoms with Gasteiger partial charge in [0.2, 0.25) is 11.8 Å². The Hall–Kier alpha value is -3.41. The van der Waals surface area contributed by atoms with E-state index in [4.69, 9.17) is 0 Å². The maximum atomic E-state index is 13.6. The van der Waals surface area contributed by atoms with E-state index in [-0.39, 0.29) is 37.0 Å². The van der Waals surface area contributed by atoms with Crippen molar-refractivity contribution < 1.29 is 14.0 Å². The van der Waals surface area contributed by atoms with Gasteiger partial charge in [-0.2, -0.15) is 0 Å². The van der Waals surface area contributed by atoms with Crippen LogP contribution in [0.3, 0.4) is 0 Å². The molecule has 2 amide bonds. The van der Waals surface area contributed by atoms with E-state index in [0.29, 0.717) is 18.7 Å². The molecule has 1 aliphatic heterocycles. The zero-order chi connectivity index (χ0) is 20.9. The molecule has 5 nitrogen and oxygen atoms in total. The molecule has 1 aliphatic rings. The van der Waals surface area contributed by atoms with Gasteiger partial charge in [-0.05, 0) is 24.1 Å². The summed E-state index contributed by atoms with van der Waals surface area (Å²) >= 11 is 0. The number of amides is 2. The number of fused-ring (bicyclic) bond motifs is 1. The zero-order valence-electron chi connectivity index (χ0n) is 16.7. The lowest BCUT2D eigenvalue weighted by Gasteiger charge is -2.26. The molecule has 0 aliphatic carbocycles. The lowest BCUT2D eigenvalue weighted by Crippen LogP contribution is -2.35. The molecule has 0 atom stereocenters. The minimum atomic E-state index is -0.347. The van der Waals surface area contributed by atoms with Crippen LogP contribution >= 0.6 is 0 Å². The minimum Gasteiger partial charge on any atom is -0.361 e. The van der Waals surface area contributed by atoms with Gasteiger partial charge < -0.3 is 15.2 Å². The average molecular weight is 405 g/mol. The summed E-state index contributed by atoms with van der Waals surface area (Å²) in [6.45, 7) is 1.31. The molecule has 154 valence electrons. The molecular formula is C24H24FN3O2. The lowest BCUT2D eigenvalue weighted by atomic mass is 9.98. The maximum absolute atomic E-state index is 13.6. The monoisotopic (exact) mass is 405 g/mol. The number of hydrogen-bond acceptors (Lipinski definition) is 2. The molecule has 6 heteroatoms. The predicted octanol–water partition coefficient (Wildman–Crippen LogP) is 4.02. The normalized spacial score (nSPS) is 13.9. The van der Waals surface area contributed by atoms with Crippen molar-refractivity contribution in [3.8, 4) is 0 Å². The van der Waals surface area contributed by atoms with Crippen LogP contribution in [0.1, 0.15) is 30.4 Å². The van der Waals surface area contributed by atoms with Gasteiger partial charge in [-0.25, -0.2) is 4.39 Å². The smallest absolute Gasteiger partial charge is 0.223 e. The van der Waals surface area contributed by atoms with E-state index in [1.807, 2.05) is 18.3 Å². The van der Waals surface area contributed by atoms with Crippen molar-refractivity contribution in [2.75, 3.05) is 13.1 Å². The highest BCUT2D eigenvalue weighted by atomic mass is 19.1. The number of nitrogens with zero attached hydrogens (tertiary/aromatic N) is 1. The minimum absolute atomic E-state index is 0.0368. The first-order valence-electron chi connectivity index (χ1n) is 10.2. The summed E-state index contributed by atoms with van der Waals surface area (Å²) in [6, 6.07) is 14.5. The third kappa shape index (κ3) is 4.43. The molecule has 0 fully saturated rings. The molecule has 0 spiro atoms. The van der Waals surface area contributed by atoms with Crippen molar-refractivity contribution in [2.24, 2.45) is 0 Å². The van der Waals surface area contributed by atoms with Gasteiger partial charge >= 0.3 is 0 Å². The van der Waals surface area contributed by atoms with Crippen LogP contribution in [0.5, 0.6) is 0 Å². The number of aromatic nitrogens is 1. The first-order valence-corrected chi connectivity index (χ1v) is 10.2. The number of benzene rings is 2. The summed E-state index contributed by atoms with van der Waals surface area (Å²) in [6.07, 6.45) is 5.15. The van der Waals surface area contributed by atoms with Gasteiger partial charge in [0.25, 0.3) is 0 Å². The zero-order valence-corrected chi connectivity index (χ0v) is 16.7. The standard InChI is InChI=1S/C24H24FN3O2/c25-21-7-3-1-5-18(21)15-27-23(29)9-10-24(30)28-13-11-17(12-14-28)20-16-26-22-8-4-2-6-19(20)22/h1-8,11,16,26H,9-10,12-15H2,(H,27,29). The van der Waals surface area contributed by atoms with Gasteiger partial charge in [-0.1, -0.05) is 42.5 Å². The quantitative estimate of drug-likeness (QED) is 0.651. The number of rotatable bonds is 6. The van der Waals surface area contributed by atoms with Gasteiger partial charge in [-0.3, -0.25) is 9.59 Å². The number of carbonyl (C=O) groups is 2. The van der Waals surface area contributed by atoms with Crippen molar-refractivity contribution in [2.45, 2.75) is 25.8 Å². The fourth-order valence-corrected chi connectivity index (χ4v) is 3.78. The van der Waals surface area contributed by atoms with Gasteiger partial charge in [0.05, 0.1) is 0 Å². The molecule has 0 bridgehead atoms. The number of para-hydroxylation sites is 1. The number of hydrogen-bond donors (Lipinski definition) is 2. The molecule has 0 saturated carbocycles. The molecular weight excluding hydrogens is 381 g/mol. The van der Waals surface area contributed by atoms with Gasteiger partial charge in [-0.15, -0.1) is 0 Å². The highest BCUT2D eigenvalue weighted by Gasteiger charge is 2.20. The highest BCUT2D eigenvalue weighted by Crippen LogP contribution is 2.29. The SMILES string of the molecule is O=C(CCC(=O)N1CC=C(c2c[nH]c3ccccc23)CC1)NCc1ccccc1F. The molecule has 0 unspecified atom stereocenters. The van der Waals surface area contributed by atoms with E-state index in [9.17, 15) is 14.0 Å². The van der Waals surface area contributed by atoms with Gasteiger partial charge in [0, 0.05) is 60.7 Å². The number of halogens is 1. The summed E-state index contributed by atoms with van der Waals surface area (Å²) in [7, 11) is 0. The van der Waals surface area contributed by atoms with Crippen LogP contribution in [0.25, 0.3) is 16.5 Å². The average Bonchev–Trinajstić information content (AvgIpc) is 3.21. The number of nitrogens with one attached hydrogen (secondary N) is 2. The first-order chi connectivity index (χ1) is 14.6. The van der Waals surface area contributed by atoms with Crippen LogP contribution in [0.15, 0.2) is 60.8 Å². The summed E-state index contributed by atoms with van der Waals surface area (Å²) in [5.41, 5.74) is 3.96. The molecule has 2 heterocycles. The summed E-state index contributed by atoms with van der Waals surface area (Å²) in [5, 5.41) is 3.87. The molecule has 4 rings (SSSR count). The third-order valence-corrected chi connectivity index (χ3v) is 5.50. The largest absolute Gasteiger partial charge is 0.361 e. The molecule has 3 aromatic rings. The Kier molecular flexibility index (Phi) is 5.93. The molecule has 0 radical (unpaired) electrons. The number of aromatic amines is 1. The molecule has 2 aromatic carbocycles. The Morgan fingerprint density at radius 1 is 1.07 bits per heavy atom. The highest BCUT2D eigenvalue weighted by molar-refractivity contribution is 5.93. The Bertz CT molecular complexity index is 1100. The van der Waals surface area contributed by atoms with E-state index >= 15 is 0 Å². The summed E-state index contributed by atoms with van der Waals surface area (Å²) < 4.78 is 13.6. The van der Waals surface area contributed by atoms with E-state index < -0.39 is 0 Å². The van der Waals surface area contributed by atoms with Gasteiger partial charge in [0.1, 0.15) is 5.82 Å².